The van der Waals surface area contributed by atoms with Crippen LogP contribution in [0, 0.1) is 11.3 Å². The Hall–Kier alpha value is -4.83. The van der Waals surface area contributed by atoms with E-state index in [4.69, 9.17) is 30.5 Å². The number of carbonyl (C=O) groups is 3. The summed E-state index contributed by atoms with van der Waals surface area (Å²) in [5.41, 5.74) is -0.674. The Kier molecular flexibility index (Phi) is 12.0. The number of nitriles is 1. The molecule has 3 aromatic rings. The quantitative estimate of drug-likeness (QED) is 0.115. The Morgan fingerprint density at radius 2 is 1.81 bits per heavy atom. The lowest BCUT2D eigenvalue weighted by Gasteiger charge is -2.22. The highest BCUT2D eigenvalue weighted by Crippen LogP contribution is 2.35. The average Bonchev–Trinajstić information content (AvgIpc) is 3.04. The lowest BCUT2D eigenvalue weighted by atomic mass is 9.98. The van der Waals surface area contributed by atoms with Crippen molar-refractivity contribution < 1.29 is 46.5 Å². The first kappa shape index (κ1) is 35.0. The number of halogens is 4. The van der Waals surface area contributed by atoms with Gasteiger partial charge in [0.25, 0.3) is 0 Å². The highest BCUT2D eigenvalue weighted by molar-refractivity contribution is 6.33. The standard InChI is InChI=1S/C33H31ClF3N3O7/c1-20(46-32(43)47-23-7-3-2-4-8-23)45-31(42)13-14-44-29-10-6-5-9-27(29)39-19-28(41)21-11-12-26(34)24(15-21)25-18-40-30(33(35,36)37)16-22(25)17-38/h5-6,9-12,15-16,18,20,23,39H,2-4,7-8,13-14,19H2,1H3. The Morgan fingerprint density at radius 3 is 2.53 bits per heavy atom. The minimum atomic E-state index is -4.74. The van der Waals surface area contributed by atoms with Crippen molar-refractivity contribution in [3.63, 3.8) is 0 Å². The SMILES string of the molecule is CC(OC(=O)CCOc1ccccc1NCC(=O)c1ccc(Cl)c(-c2cnc(C(F)(F)F)cc2C#N)c1)OC(=O)OC1CCCCC1. The Balaban J connectivity index is 1.30. The number of hydrogen-bond donors (Lipinski definition) is 1. The van der Waals surface area contributed by atoms with E-state index < -0.39 is 36.1 Å². The smallest absolute Gasteiger partial charge is 0.491 e. The van der Waals surface area contributed by atoms with Crippen molar-refractivity contribution in [3.05, 3.63) is 76.6 Å². The molecule has 1 atom stereocenters. The first-order valence-corrected chi connectivity index (χ1v) is 15.1. The third kappa shape index (κ3) is 10.1. The molecule has 1 heterocycles. The van der Waals surface area contributed by atoms with E-state index in [9.17, 15) is 32.8 Å². The molecule has 1 aromatic heterocycles. The van der Waals surface area contributed by atoms with Crippen molar-refractivity contribution in [3.8, 4) is 22.9 Å². The largest absolute Gasteiger partial charge is 0.511 e. The molecule has 0 aliphatic heterocycles. The highest BCUT2D eigenvalue weighted by atomic mass is 35.5. The summed E-state index contributed by atoms with van der Waals surface area (Å²) in [7, 11) is 0. The number of carbonyl (C=O) groups excluding carboxylic acids is 3. The van der Waals surface area contributed by atoms with Crippen molar-refractivity contribution in [2.45, 2.75) is 64.0 Å². The van der Waals surface area contributed by atoms with Crippen LogP contribution < -0.4 is 10.1 Å². The number of nitrogens with zero attached hydrogens (tertiary/aromatic N) is 2. The van der Waals surface area contributed by atoms with Crippen molar-refractivity contribution in [2.24, 2.45) is 0 Å². The molecule has 1 N–H and O–H groups in total. The second-order valence-corrected chi connectivity index (χ2v) is 11.0. The average molecular weight is 674 g/mol. The number of rotatable bonds is 12. The van der Waals surface area contributed by atoms with Gasteiger partial charge in [-0.2, -0.15) is 18.4 Å². The van der Waals surface area contributed by atoms with Crippen LogP contribution in [0.25, 0.3) is 11.1 Å². The zero-order chi connectivity index (χ0) is 34.0. The Bertz CT molecular complexity index is 1640. The fourth-order valence-corrected chi connectivity index (χ4v) is 5.05. The lowest BCUT2D eigenvalue weighted by Crippen LogP contribution is -2.27. The molecular weight excluding hydrogens is 643 g/mol. The molecule has 1 aliphatic rings. The van der Waals surface area contributed by atoms with Crippen molar-refractivity contribution >= 4 is 35.2 Å². The number of benzene rings is 2. The number of pyridine rings is 1. The molecule has 10 nitrogen and oxygen atoms in total. The van der Waals surface area contributed by atoms with Crippen LogP contribution in [0.4, 0.5) is 23.7 Å². The van der Waals surface area contributed by atoms with Gasteiger partial charge >= 0.3 is 18.3 Å². The number of anilines is 1. The molecule has 248 valence electrons. The molecule has 1 unspecified atom stereocenters. The number of nitrogens with one attached hydrogen (secondary N) is 1. The van der Waals surface area contributed by atoms with Gasteiger partial charge in [0.2, 0.25) is 6.29 Å². The van der Waals surface area contributed by atoms with E-state index in [-0.39, 0.29) is 53.0 Å². The number of para-hydroxylation sites is 2. The fraction of sp³-hybridized carbons (Fsp3) is 0.364. The van der Waals surface area contributed by atoms with Gasteiger partial charge in [-0.25, -0.2) is 4.79 Å². The molecular formula is C33H31ClF3N3O7. The zero-order valence-corrected chi connectivity index (χ0v) is 26.0. The van der Waals surface area contributed by atoms with Gasteiger partial charge in [0, 0.05) is 34.8 Å². The maximum absolute atomic E-state index is 13.1. The molecule has 4 rings (SSSR count). The van der Waals surface area contributed by atoms with Crippen molar-refractivity contribution in [2.75, 3.05) is 18.5 Å². The Morgan fingerprint density at radius 1 is 1.06 bits per heavy atom. The van der Waals surface area contributed by atoms with E-state index in [2.05, 4.69) is 10.3 Å². The first-order valence-electron chi connectivity index (χ1n) is 14.8. The van der Waals surface area contributed by atoms with Crippen LogP contribution in [0.3, 0.4) is 0 Å². The second kappa shape index (κ2) is 16.1. The van der Waals surface area contributed by atoms with Crippen LogP contribution in [-0.2, 0) is 25.2 Å². The van der Waals surface area contributed by atoms with Gasteiger partial charge in [0.05, 0.1) is 36.9 Å². The molecule has 1 fully saturated rings. The topological polar surface area (TPSA) is 137 Å². The number of ether oxygens (including phenoxy) is 4. The molecule has 1 saturated carbocycles. The zero-order valence-electron chi connectivity index (χ0n) is 25.3. The molecule has 0 radical (unpaired) electrons. The number of alkyl halides is 3. The van der Waals surface area contributed by atoms with Crippen molar-refractivity contribution in [1.29, 1.82) is 5.26 Å². The monoisotopic (exact) mass is 673 g/mol. The van der Waals surface area contributed by atoms with E-state index in [0.29, 0.717) is 17.5 Å². The van der Waals surface area contributed by atoms with Crippen LogP contribution in [0.5, 0.6) is 5.75 Å². The second-order valence-electron chi connectivity index (χ2n) is 10.6. The maximum atomic E-state index is 13.1. The number of aromatic nitrogens is 1. The van der Waals surface area contributed by atoms with E-state index in [0.717, 1.165) is 38.3 Å². The normalized spacial score (nSPS) is 14.0. The van der Waals surface area contributed by atoms with E-state index in [1.54, 1.807) is 30.3 Å². The molecule has 2 aromatic carbocycles. The van der Waals surface area contributed by atoms with E-state index in [1.165, 1.54) is 25.1 Å². The van der Waals surface area contributed by atoms with Crippen molar-refractivity contribution in [1.82, 2.24) is 4.98 Å². The minimum Gasteiger partial charge on any atom is -0.491 e. The molecule has 0 spiro atoms. The van der Waals surface area contributed by atoms with Gasteiger partial charge in [-0.05, 0) is 62.1 Å². The lowest BCUT2D eigenvalue weighted by molar-refractivity contribution is -0.169. The summed E-state index contributed by atoms with van der Waals surface area (Å²) in [6, 6.07) is 13.3. The third-order valence-corrected chi connectivity index (χ3v) is 7.49. The summed E-state index contributed by atoms with van der Waals surface area (Å²) in [5, 5.41) is 12.6. The highest BCUT2D eigenvalue weighted by Gasteiger charge is 2.33. The molecule has 0 saturated heterocycles. The maximum Gasteiger partial charge on any atom is 0.511 e. The summed E-state index contributed by atoms with van der Waals surface area (Å²) < 4.78 is 60.4. The predicted octanol–water partition coefficient (Wildman–Crippen LogP) is 7.73. The summed E-state index contributed by atoms with van der Waals surface area (Å²) in [6.45, 7) is 1.13. The van der Waals surface area contributed by atoms with E-state index >= 15 is 0 Å². The number of ketones is 1. The molecule has 14 heteroatoms. The van der Waals surface area contributed by atoms with Crippen LogP contribution in [0.2, 0.25) is 5.02 Å². The van der Waals surface area contributed by atoms with Crippen LogP contribution in [0.15, 0.2) is 54.7 Å². The van der Waals surface area contributed by atoms with E-state index in [1.807, 2.05) is 0 Å². The van der Waals surface area contributed by atoms with Gasteiger partial charge < -0.3 is 24.3 Å². The van der Waals surface area contributed by atoms with Crippen LogP contribution in [0.1, 0.15) is 67.1 Å². The van der Waals surface area contributed by atoms with Gasteiger partial charge in [0.1, 0.15) is 17.5 Å². The van der Waals surface area contributed by atoms with Gasteiger partial charge in [-0.3, -0.25) is 14.6 Å². The predicted molar refractivity (Wildman–Crippen MR) is 164 cm³/mol. The minimum absolute atomic E-state index is 0.0470. The summed E-state index contributed by atoms with van der Waals surface area (Å²) in [4.78, 5) is 40.7. The summed E-state index contributed by atoms with van der Waals surface area (Å²) in [5.74, 6) is -0.708. The fourth-order valence-electron chi connectivity index (χ4n) is 4.83. The molecule has 47 heavy (non-hydrogen) atoms. The van der Waals surface area contributed by atoms with Crippen LogP contribution >= 0.6 is 11.6 Å². The number of esters is 1. The van der Waals surface area contributed by atoms with Gasteiger partial charge in [-0.15, -0.1) is 0 Å². The first-order chi connectivity index (χ1) is 22.4. The summed E-state index contributed by atoms with van der Waals surface area (Å²) in [6.07, 6.45) is -1.58. The molecule has 1 aliphatic carbocycles. The van der Waals surface area contributed by atoms with Gasteiger partial charge in [0.15, 0.2) is 5.78 Å². The number of Topliss-reactive ketones (excluding diaryl/α,β-unsaturated/α-hetero) is 1. The van der Waals surface area contributed by atoms with Crippen LogP contribution in [-0.4, -0.2) is 48.4 Å². The van der Waals surface area contributed by atoms with Gasteiger partial charge in [-0.1, -0.05) is 30.2 Å². The molecule has 0 amide bonds. The Labute approximate surface area is 273 Å². The molecule has 0 bridgehead atoms. The number of hydrogen-bond acceptors (Lipinski definition) is 10. The third-order valence-electron chi connectivity index (χ3n) is 7.16. The summed E-state index contributed by atoms with van der Waals surface area (Å²) >= 11 is 6.28.